The highest BCUT2D eigenvalue weighted by atomic mass is 32.1. The van der Waals surface area contributed by atoms with E-state index in [0.29, 0.717) is 4.88 Å². The van der Waals surface area contributed by atoms with Crippen LogP contribution < -0.4 is 0 Å². The summed E-state index contributed by atoms with van der Waals surface area (Å²) in [7, 11) is 0. The van der Waals surface area contributed by atoms with E-state index in [4.69, 9.17) is 0 Å². The van der Waals surface area contributed by atoms with E-state index in [0.717, 1.165) is 54.9 Å². The van der Waals surface area contributed by atoms with Crippen LogP contribution >= 0.6 is 11.3 Å². The Morgan fingerprint density at radius 2 is 1.82 bits per heavy atom. The fraction of sp³-hybridized carbons (Fsp3) is 0.0400. The molecular weight excluding hydrogens is 434 g/mol. The van der Waals surface area contributed by atoms with Crippen LogP contribution in [-0.2, 0) is 0 Å². The van der Waals surface area contributed by atoms with Crippen LogP contribution in [0.3, 0.4) is 0 Å². The molecule has 1 aromatic carbocycles. The number of carbonyl (C=O) groups excluding carboxylic acids is 1. The third-order valence-corrected chi connectivity index (χ3v) is 6.80. The van der Waals surface area contributed by atoms with Crippen molar-refractivity contribution in [1.82, 2.24) is 25.1 Å². The molecule has 0 unspecified atom stereocenters. The second-order valence-corrected chi connectivity index (χ2v) is 8.87. The van der Waals surface area contributed by atoms with Gasteiger partial charge in [0.1, 0.15) is 11.4 Å². The van der Waals surface area contributed by atoms with Gasteiger partial charge in [-0.25, -0.2) is 0 Å². The zero-order valence-electron chi connectivity index (χ0n) is 17.5. The van der Waals surface area contributed by atoms with E-state index >= 15 is 0 Å². The molecule has 0 saturated carbocycles. The lowest BCUT2D eigenvalue weighted by Gasteiger charge is -2.02. The van der Waals surface area contributed by atoms with Crippen molar-refractivity contribution in [3.05, 3.63) is 72.0 Å². The maximum Gasteiger partial charge on any atom is 0.169 e. The number of carbonyl (C=O) groups is 1. The Morgan fingerprint density at radius 1 is 0.939 bits per heavy atom. The molecule has 0 aliphatic carbocycles. The largest absolute Gasteiger partial charge is 0.506 e. The van der Waals surface area contributed by atoms with Gasteiger partial charge in [0.2, 0.25) is 0 Å². The first-order chi connectivity index (χ1) is 16.1. The number of nitrogens with zero attached hydrogens (tertiary/aromatic N) is 3. The number of hydrogen-bond acceptors (Lipinski definition) is 6. The van der Waals surface area contributed by atoms with Gasteiger partial charge < -0.3 is 10.1 Å². The molecule has 0 aliphatic heterocycles. The van der Waals surface area contributed by atoms with Crippen LogP contribution in [-0.4, -0.2) is 36.0 Å². The summed E-state index contributed by atoms with van der Waals surface area (Å²) in [4.78, 5) is 25.5. The van der Waals surface area contributed by atoms with E-state index < -0.39 is 0 Å². The Balaban J connectivity index is 1.48. The maximum atomic E-state index is 11.7. The molecule has 0 bridgehead atoms. The molecule has 33 heavy (non-hydrogen) atoms. The van der Waals surface area contributed by atoms with Gasteiger partial charge in [-0.1, -0.05) is 6.07 Å². The molecule has 0 atom stereocenters. The summed E-state index contributed by atoms with van der Waals surface area (Å²) in [5.41, 5.74) is 6.09. The van der Waals surface area contributed by atoms with Gasteiger partial charge in [0.15, 0.2) is 5.78 Å². The molecule has 6 rings (SSSR count). The molecule has 5 heterocycles. The molecule has 0 radical (unpaired) electrons. The van der Waals surface area contributed by atoms with E-state index in [1.54, 1.807) is 25.4 Å². The second kappa shape index (κ2) is 7.39. The number of ketones is 1. The molecule has 160 valence electrons. The van der Waals surface area contributed by atoms with E-state index in [1.165, 1.54) is 17.5 Å². The van der Waals surface area contributed by atoms with Gasteiger partial charge in [-0.3, -0.25) is 19.9 Å². The Bertz CT molecular complexity index is 1680. The predicted molar refractivity (Wildman–Crippen MR) is 129 cm³/mol. The fourth-order valence-electron chi connectivity index (χ4n) is 4.02. The minimum atomic E-state index is 0.0499. The Hall–Kier alpha value is -4.30. The first-order valence-corrected chi connectivity index (χ1v) is 11.1. The highest BCUT2D eigenvalue weighted by Gasteiger charge is 2.16. The normalized spacial score (nSPS) is 11.4. The van der Waals surface area contributed by atoms with Gasteiger partial charge in [-0.05, 0) is 55.0 Å². The number of pyridine rings is 2. The van der Waals surface area contributed by atoms with Crippen molar-refractivity contribution >= 4 is 38.9 Å². The van der Waals surface area contributed by atoms with Crippen molar-refractivity contribution in [2.24, 2.45) is 0 Å². The zero-order valence-corrected chi connectivity index (χ0v) is 18.3. The monoisotopic (exact) mass is 451 g/mol. The molecule has 0 aliphatic rings. The maximum absolute atomic E-state index is 11.7. The number of nitrogens with one attached hydrogen (secondary N) is 2. The quantitative estimate of drug-likeness (QED) is 0.293. The van der Waals surface area contributed by atoms with Crippen LogP contribution in [0.4, 0.5) is 0 Å². The summed E-state index contributed by atoms with van der Waals surface area (Å²) >= 11 is 1.44. The summed E-state index contributed by atoms with van der Waals surface area (Å²) in [6, 6.07) is 15.4. The smallest absolute Gasteiger partial charge is 0.169 e. The molecule has 0 spiro atoms. The second-order valence-electron chi connectivity index (χ2n) is 7.79. The average Bonchev–Trinajstić information content (AvgIpc) is 3.55. The summed E-state index contributed by atoms with van der Waals surface area (Å²) in [6.07, 6.45) is 4.90. The number of Topliss-reactive ketones (excluding diaryl/α,β-unsaturated/α-hetero) is 1. The molecule has 0 amide bonds. The van der Waals surface area contributed by atoms with Crippen LogP contribution in [0.5, 0.6) is 5.75 Å². The lowest BCUT2D eigenvalue weighted by molar-refractivity contribution is 0.102. The summed E-state index contributed by atoms with van der Waals surface area (Å²) in [6.45, 7) is 1.57. The summed E-state index contributed by atoms with van der Waals surface area (Å²) in [5.74, 6) is 0.172. The molecule has 0 saturated heterocycles. The third kappa shape index (κ3) is 3.28. The lowest BCUT2D eigenvalue weighted by atomic mass is 10.0. The van der Waals surface area contributed by atoms with Crippen LogP contribution in [0.25, 0.3) is 54.9 Å². The van der Waals surface area contributed by atoms with Crippen LogP contribution in [0.1, 0.15) is 16.6 Å². The SMILES string of the molecule is CC(=O)c1ccc(-c2nccc3[nH]c(-c4n[nH]c5ccc(-c6cncc(O)c6)cc45)cc23)s1. The first-order valence-electron chi connectivity index (χ1n) is 10.3. The molecule has 3 N–H and O–H groups in total. The summed E-state index contributed by atoms with van der Waals surface area (Å²) < 4.78 is 0. The van der Waals surface area contributed by atoms with E-state index in [1.807, 2.05) is 42.5 Å². The number of rotatable bonds is 4. The number of aromatic hydroxyl groups is 1. The van der Waals surface area contributed by atoms with Gasteiger partial charge in [0, 0.05) is 34.2 Å². The Kier molecular flexibility index (Phi) is 4.34. The number of aromatic amines is 2. The standard InChI is InChI=1S/C25H17N5O2S/c1-13(31)22-4-5-23(33-22)25-18-10-21(28-19(18)6-7-27-25)24-17-9-14(2-3-20(17)29-30-24)15-8-16(32)12-26-11-15/h2-12,28,32H,1H3,(H,29,30). The van der Waals surface area contributed by atoms with Crippen molar-refractivity contribution in [2.75, 3.05) is 0 Å². The fourth-order valence-corrected chi connectivity index (χ4v) is 4.93. The minimum Gasteiger partial charge on any atom is -0.506 e. The van der Waals surface area contributed by atoms with Gasteiger partial charge >= 0.3 is 0 Å². The number of aromatic nitrogens is 5. The van der Waals surface area contributed by atoms with E-state index in [-0.39, 0.29) is 11.5 Å². The molecule has 6 aromatic rings. The number of H-pyrrole nitrogens is 2. The topological polar surface area (TPSA) is 108 Å². The van der Waals surface area contributed by atoms with Crippen molar-refractivity contribution in [3.63, 3.8) is 0 Å². The highest BCUT2D eigenvalue weighted by Crippen LogP contribution is 2.36. The number of benzene rings is 1. The Morgan fingerprint density at radius 3 is 2.64 bits per heavy atom. The molecule has 5 aromatic heterocycles. The average molecular weight is 452 g/mol. The van der Waals surface area contributed by atoms with E-state index in [2.05, 4.69) is 25.1 Å². The molecule has 8 heteroatoms. The van der Waals surface area contributed by atoms with Crippen molar-refractivity contribution < 1.29 is 9.90 Å². The predicted octanol–water partition coefficient (Wildman–Crippen LogP) is 5.80. The van der Waals surface area contributed by atoms with Gasteiger partial charge in [0.25, 0.3) is 0 Å². The van der Waals surface area contributed by atoms with Crippen molar-refractivity contribution in [1.29, 1.82) is 0 Å². The number of thiophene rings is 1. The minimum absolute atomic E-state index is 0.0499. The van der Waals surface area contributed by atoms with Crippen LogP contribution in [0.2, 0.25) is 0 Å². The van der Waals surface area contributed by atoms with Gasteiger partial charge in [-0.2, -0.15) is 5.10 Å². The van der Waals surface area contributed by atoms with Crippen molar-refractivity contribution in [2.45, 2.75) is 6.92 Å². The highest BCUT2D eigenvalue weighted by molar-refractivity contribution is 7.17. The van der Waals surface area contributed by atoms with Crippen molar-refractivity contribution in [3.8, 4) is 38.8 Å². The van der Waals surface area contributed by atoms with Crippen LogP contribution in [0, 0.1) is 0 Å². The molecular formula is C25H17N5O2S. The number of fused-ring (bicyclic) bond motifs is 2. The third-order valence-electron chi connectivity index (χ3n) is 5.61. The van der Waals surface area contributed by atoms with Crippen LogP contribution in [0.15, 0.2) is 67.1 Å². The molecule has 7 nitrogen and oxygen atoms in total. The lowest BCUT2D eigenvalue weighted by Crippen LogP contribution is -1.83. The van der Waals surface area contributed by atoms with E-state index in [9.17, 15) is 9.90 Å². The van der Waals surface area contributed by atoms with Gasteiger partial charge in [-0.15, -0.1) is 11.3 Å². The first kappa shape index (κ1) is 19.4. The summed E-state index contributed by atoms with van der Waals surface area (Å²) in [5, 5.41) is 19.4. The molecule has 0 fully saturated rings. The number of hydrogen-bond donors (Lipinski definition) is 3. The zero-order chi connectivity index (χ0) is 22.5. The Labute approximate surface area is 191 Å². The van der Waals surface area contributed by atoms with Gasteiger partial charge in [0.05, 0.1) is 32.9 Å².